The zero-order valence-corrected chi connectivity index (χ0v) is 11.5. The lowest BCUT2D eigenvalue weighted by atomic mass is 10.1. The smallest absolute Gasteiger partial charge is 0.152 e. The van der Waals surface area contributed by atoms with Crippen LogP contribution in [0.15, 0.2) is 24.3 Å². The fourth-order valence-corrected chi connectivity index (χ4v) is 1.62. The van der Waals surface area contributed by atoms with E-state index in [9.17, 15) is 4.79 Å². The Kier molecular flexibility index (Phi) is 6.20. The first kappa shape index (κ1) is 14.5. The van der Waals surface area contributed by atoms with Crippen molar-refractivity contribution < 1.29 is 9.53 Å². The maximum atomic E-state index is 10.9. The van der Waals surface area contributed by atoms with E-state index in [4.69, 9.17) is 4.74 Å². The molecule has 0 radical (unpaired) electrons. The van der Waals surface area contributed by atoms with Crippen molar-refractivity contribution >= 4 is 11.9 Å². The molecule has 0 N–H and O–H groups in total. The van der Waals surface area contributed by atoms with Crippen molar-refractivity contribution in [2.45, 2.75) is 40.0 Å². The third kappa shape index (κ3) is 5.17. The molecule has 18 heavy (non-hydrogen) atoms. The number of ether oxygens (including phenoxy) is 1. The molecule has 0 aliphatic carbocycles. The largest absolute Gasteiger partial charge is 0.493 e. The van der Waals surface area contributed by atoms with Gasteiger partial charge in [-0.3, -0.25) is 4.79 Å². The molecule has 2 nitrogen and oxygen atoms in total. The average Bonchev–Trinajstić information content (AvgIpc) is 2.35. The lowest BCUT2D eigenvalue weighted by Gasteiger charge is -2.09. The summed E-state index contributed by atoms with van der Waals surface area (Å²) in [4.78, 5) is 10.9. The van der Waals surface area contributed by atoms with E-state index in [0.717, 1.165) is 29.9 Å². The highest BCUT2D eigenvalue weighted by Crippen LogP contribution is 2.20. The van der Waals surface area contributed by atoms with Gasteiger partial charge < -0.3 is 4.74 Å². The van der Waals surface area contributed by atoms with Gasteiger partial charge in [0.05, 0.1) is 6.61 Å². The Labute approximate surface area is 110 Å². The number of allylic oxidation sites excluding steroid dienone is 1. The number of benzene rings is 1. The maximum Gasteiger partial charge on any atom is 0.152 e. The molecular formula is C16H22O2. The summed E-state index contributed by atoms with van der Waals surface area (Å²) in [6.45, 7) is 6.52. The summed E-state index contributed by atoms with van der Waals surface area (Å²) < 4.78 is 5.77. The van der Waals surface area contributed by atoms with Crippen LogP contribution in [0.1, 0.15) is 44.2 Å². The van der Waals surface area contributed by atoms with Crippen LogP contribution in [0.4, 0.5) is 0 Å². The Bertz CT molecular complexity index is 419. The molecule has 0 aliphatic heterocycles. The fraction of sp³-hybridized carbons (Fsp3) is 0.438. The normalized spacial score (nSPS) is 10.8. The topological polar surface area (TPSA) is 26.3 Å². The molecule has 0 aromatic heterocycles. The van der Waals surface area contributed by atoms with E-state index in [2.05, 4.69) is 6.92 Å². The van der Waals surface area contributed by atoms with E-state index in [1.54, 1.807) is 13.0 Å². The first-order chi connectivity index (χ1) is 8.63. The van der Waals surface area contributed by atoms with Crippen LogP contribution in [0, 0.1) is 6.92 Å². The number of aryl methyl sites for hydroxylation is 1. The quantitative estimate of drug-likeness (QED) is 0.533. The number of unbranched alkanes of at least 4 members (excludes halogenated alkanes) is 2. The summed E-state index contributed by atoms with van der Waals surface area (Å²) in [5, 5.41) is 0. The second kappa shape index (κ2) is 7.70. The minimum Gasteiger partial charge on any atom is -0.493 e. The number of hydrogen-bond donors (Lipinski definition) is 0. The molecule has 1 rings (SSSR count). The maximum absolute atomic E-state index is 10.9. The van der Waals surface area contributed by atoms with Crippen molar-refractivity contribution in [1.29, 1.82) is 0 Å². The highest BCUT2D eigenvalue weighted by Gasteiger charge is 2.00. The highest BCUT2D eigenvalue weighted by atomic mass is 16.5. The standard InChI is InChI=1S/C16H22O2/c1-4-5-6-11-18-16-12-15(9-7-13(16)2)10-8-14(3)17/h7-10,12H,4-6,11H2,1-3H3/b10-8+. The Hall–Kier alpha value is -1.57. The third-order valence-electron chi connectivity index (χ3n) is 2.73. The molecule has 1 aromatic carbocycles. The Morgan fingerprint density at radius 1 is 1.33 bits per heavy atom. The average molecular weight is 246 g/mol. The summed E-state index contributed by atoms with van der Waals surface area (Å²) in [6, 6.07) is 6.00. The minimum absolute atomic E-state index is 0.0565. The van der Waals surface area contributed by atoms with Gasteiger partial charge in [0.25, 0.3) is 0 Å². The molecule has 0 fully saturated rings. The Morgan fingerprint density at radius 3 is 2.78 bits per heavy atom. The second-order valence-corrected chi connectivity index (χ2v) is 4.52. The number of carbonyl (C=O) groups excluding carboxylic acids is 1. The van der Waals surface area contributed by atoms with E-state index in [0.29, 0.717) is 0 Å². The fourth-order valence-electron chi connectivity index (χ4n) is 1.62. The molecule has 0 unspecified atom stereocenters. The Balaban J connectivity index is 2.66. The minimum atomic E-state index is 0.0565. The summed E-state index contributed by atoms with van der Waals surface area (Å²) in [5.41, 5.74) is 2.13. The zero-order chi connectivity index (χ0) is 13.4. The van der Waals surface area contributed by atoms with Gasteiger partial charge in [-0.25, -0.2) is 0 Å². The van der Waals surface area contributed by atoms with Crippen LogP contribution < -0.4 is 4.74 Å². The first-order valence-corrected chi connectivity index (χ1v) is 6.55. The summed E-state index contributed by atoms with van der Waals surface area (Å²) >= 11 is 0. The lowest BCUT2D eigenvalue weighted by molar-refractivity contribution is -0.112. The van der Waals surface area contributed by atoms with E-state index in [1.807, 2.05) is 31.2 Å². The molecule has 0 heterocycles. The molecule has 1 aromatic rings. The summed E-state index contributed by atoms with van der Waals surface area (Å²) in [5.74, 6) is 0.970. The van der Waals surface area contributed by atoms with Crippen molar-refractivity contribution in [3.8, 4) is 5.75 Å². The third-order valence-corrected chi connectivity index (χ3v) is 2.73. The number of carbonyl (C=O) groups is 1. The molecule has 0 atom stereocenters. The molecule has 98 valence electrons. The van der Waals surface area contributed by atoms with Crippen molar-refractivity contribution in [2.75, 3.05) is 6.61 Å². The zero-order valence-electron chi connectivity index (χ0n) is 11.5. The van der Waals surface area contributed by atoms with Crippen LogP contribution >= 0.6 is 0 Å². The predicted octanol–water partition coefficient (Wildman–Crippen LogP) is 4.17. The number of rotatable bonds is 7. The van der Waals surface area contributed by atoms with E-state index in [1.165, 1.54) is 12.8 Å². The van der Waals surface area contributed by atoms with Crippen LogP contribution in [0.25, 0.3) is 6.08 Å². The molecule has 0 amide bonds. The summed E-state index contributed by atoms with van der Waals surface area (Å²) in [6.07, 6.45) is 6.88. The van der Waals surface area contributed by atoms with Crippen molar-refractivity contribution in [1.82, 2.24) is 0 Å². The second-order valence-electron chi connectivity index (χ2n) is 4.52. The monoisotopic (exact) mass is 246 g/mol. The van der Waals surface area contributed by atoms with Crippen molar-refractivity contribution in [3.63, 3.8) is 0 Å². The molecule has 0 saturated carbocycles. The van der Waals surface area contributed by atoms with Crippen LogP contribution in [-0.2, 0) is 4.79 Å². The van der Waals surface area contributed by atoms with Gasteiger partial charge in [0.15, 0.2) is 5.78 Å². The van der Waals surface area contributed by atoms with Gasteiger partial charge in [-0.1, -0.05) is 38.0 Å². The highest BCUT2D eigenvalue weighted by molar-refractivity contribution is 5.91. The van der Waals surface area contributed by atoms with Gasteiger partial charge in [0.2, 0.25) is 0 Å². The molecule has 0 aliphatic rings. The Morgan fingerprint density at radius 2 is 2.11 bits per heavy atom. The molecule has 0 saturated heterocycles. The van der Waals surface area contributed by atoms with Gasteiger partial charge in [-0.2, -0.15) is 0 Å². The van der Waals surface area contributed by atoms with Gasteiger partial charge in [0.1, 0.15) is 5.75 Å². The predicted molar refractivity (Wildman–Crippen MR) is 75.9 cm³/mol. The van der Waals surface area contributed by atoms with Crippen molar-refractivity contribution in [3.05, 3.63) is 35.4 Å². The van der Waals surface area contributed by atoms with Gasteiger partial charge in [-0.15, -0.1) is 0 Å². The van der Waals surface area contributed by atoms with Gasteiger partial charge in [-0.05, 0) is 43.5 Å². The van der Waals surface area contributed by atoms with E-state index < -0.39 is 0 Å². The van der Waals surface area contributed by atoms with Gasteiger partial charge in [0, 0.05) is 0 Å². The number of ketones is 1. The molecular weight excluding hydrogens is 224 g/mol. The van der Waals surface area contributed by atoms with Gasteiger partial charge >= 0.3 is 0 Å². The van der Waals surface area contributed by atoms with Crippen LogP contribution in [-0.4, -0.2) is 12.4 Å². The van der Waals surface area contributed by atoms with Crippen LogP contribution in [0.5, 0.6) is 5.75 Å². The number of hydrogen-bond acceptors (Lipinski definition) is 2. The molecule has 0 spiro atoms. The molecule has 2 heteroatoms. The van der Waals surface area contributed by atoms with E-state index >= 15 is 0 Å². The summed E-state index contributed by atoms with van der Waals surface area (Å²) in [7, 11) is 0. The van der Waals surface area contributed by atoms with Crippen LogP contribution in [0.2, 0.25) is 0 Å². The molecule has 0 bridgehead atoms. The van der Waals surface area contributed by atoms with Crippen molar-refractivity contribution in [2.24, 2.45) is 0 Å². The van der Waals surface area contributed by atoms with E-state index in [-0.39, 0.29) is 5.78 Å². The first-order valence-electron chi connectivity index (χ1n) is 6.55. The van der Waals surface area contributed by atoms with Crippen LogP contribution in [0.3, 0.4) is 0 Å². The lowest BCUT2D eigenvalue weighted by Crippen LogP contribution is -1.98. The SMILES string of the molecule is CCCCCOc1cc(/C=C/C(C)=O)ccc1C.